The molecule has 0 heterocycles. The van der Waals surface area contributed by atoms with Gasteiger partial charge in [-0.2, -0.15) is 6.08 Å². The SMILES string of the molecule is O=CO.O=CO.[C-]1=CC=CC1.[CH2]=[Ti+2].c1ccc2c(c1)[cH-]c1ccccc12. The predicted octanol–water partition coefficient (Wildman–Crippen LogP) is 4.38. The average molecular weight is 384 g/mol. The van der Waals surface area contributed by atoms with E-state index in [4.69, 9.17) is 19.8 Å². The summed E-state index contributed by atoms with van der Waals surface area (Å²) < 4.78 is 0. The van der Waals surface area contributed by atoms with Crippen LogP contribution in [-0.2, 0) is 29.6 Å². The molecule has 0 fully saturated rings. The van der Waals surface area contributed by atoms with Crippen molar-refractivity contribution in [1.29, 1.82) is 0 Å². The Bertz CT molecular complexity index is 768. The van der Waals surface area contributed by atoms with Gasteiger partial charge in [0.25, 0.3) is 12.9 Å². The van der Waals surface area contributed by atoms with Crippen LogP contribution in [0.2, 0.25) is 0 Å². The molecule has 0 atom stereocenters. The summed E-state index contributed by atoms with van der Waals surface area (Å²) in [6, 6.07) is 19.3. The summed E-state index contributed by atoms with van der Waals surface area (Å²) in [4.78, 5) is 20.0. The summed E-state index contributed by atoms with van der Waals surface area (Å²) in [5.41, 5.74) is 0. The summed E-state index contributed by atoms with van der Waals surface area (Å²) in [5.74, 6) is 0. The molecule has 0 saturated carbocycles. The smallest absolute Gasteiger partial charge is 0.0771 e. The van der Waals surface area contributed by atoms with Gasteiger partial charge in [0.1, 0.15) is 0 Å². The zero-order chi connectivity index (χ0) is 19.6. The van der Waals surface area contributed by atoms with Gasteiger partial charge in [0.05, 0.1) is 0 Å². The van der Waals surface area contributed by atoms with Crippen LogP contribution in [0.5, 0.6) is 0 Å². The Morgan fingerprint density at radius 1 is 0.923 bits per heavy atom. The third-order valence-corrected chi connectivity index (χ3v) is 3.11. The molecule has 0 spiro atoms. The maximum atomic E-state index is 8.36. The number of carbonyl (C=O) groups is 2. The second kappa shape index (κ2) is 15.8. The van der Waals surface area contributed by atoms with Gasteiger partial charge in [0.2, 0.25) is 0 Å². The van der Waals surface area contributed by atoms with Crippen LogP contribution in [0.15, 0.2) is 72.8 Å². The number of fused-ring (bicyclic) bond motifs is 3. The molecule has 132 valence electrons. The first kappa shape index (κ1) is 23.3. The number of carboxylic acid groups (broad SMARTS) is 2. The van der Waals surface area contributed by atoms with E-state index >= 15 is 0 Å². The molecule has 2 N–H and O–H groups in total. The van der Waals surface area contributed by atoms with Gasteiger partial charge < -0.3 is 10.2 Å². The molecule has 4 nitrogen and oxygen atoms in total. The van der Waals surface area contributed by atoms with E-state index in [9.17, 15) is 0 Å². The molecule has 3 aromatic carbocycles. The van der Waals surface area contributed by atoms with Crippen molar-refractivity contribution < 1.29 is 39.8 Å². The number of hydrogen-bond donors (Lipinski definition) is 2. The van der Waals surface area contributed by atoms with Crippen molar-refractivity contribution in [2.45, 2.75) is 6.42 Å². The van der Waals surface area contributed by atoms with E-state index in [-0.39, 0.29) is 12.9 Å². The molecule has 5 heteroatoms. The van der Waals surface area contributed by atoms with Crippen molar-refractivity contribution in [2.75, 3.05) is 0 Å². The van der Waals surface area contributed by atoms with Crippen LogP contribution in [0, 0.1) is 6.08 Å². The van der Waals surface area contributed by atoms with Crippen molar-refractivity contribution in [3.63, 3.8) is 0 Å². The fourth-order valence-electron chi connectivity index (χ4n) is 2.24. The average Bonchev–Trinajstić information content (AvgIpc) is 3.36. The van der Waals surface area contributed by atoms with Gasteiger partial charge in [-0.1, -0.05) is 36.4 Å². The molecule has 0 unspecified atom stereocenters. The maximum absolute atomic E-state index is 8.36. The number of allylic oxidation sites excluding steroid dienone is 4. The number of benzene rings is 2. The molecular weight excluding hydrogens is 364 g/mol. The normalized spacial score (nSPS) is 10.1. The molecule has 0 radical (unpaired) electrons. The Morgan fingerprint density at radius 2 is 1.35 bits per heavy atom. The van der Waals surface area contributed by atoms with Crippen molar-refractivity contribution >= 4 is 39.3 Å². The van der Waals surface area contributed by atoms with Gasteiger partial charge in [0, 0.05) is 0 Å². The van der Waals surface area contributed by atoms with Crippen LogP contribution in [-0.4, -0.2) is 28.0 Å². The Hall–Kier alpha value is -2.69. The molecule has 0 amide bonds. The standard InChI is InChI=1S/C13H9.C5H5.2CH2O2.CH2.Ti/c1-3-7-12-10(5-1)9-11-6-2-4-8-13(11)12;1-2-4-5-3-1;2*2-1-3;;/h1-9H;1-3H,4H2;2*1H,(H,2,3);1H2;/q2*-1;;;;+2. The van der Waals surface area contributed by atoms with Crippen LogP contribution in [0.25, 0.3) is 21.5 Å². The van der Waals surface area contributed by atoms with Crippen LogP contribution in [0.4, 0.5) is 0 Å². The fraction of sp³-hybridized carbons (Fsp3) is 0.0476. The van der Waals surface area contributed by atoms with E-state index in [1.54, 1.807) is 20.0 Å². The summed E-state index contributed by atoms with van der Waals surface area (Å²) in [6.45, 7) is -0.500. The molecule has 0 aliphatic heterocycles. The minimum atomic E-state index is -0.250. The predicted molar refractivity (Wildman–Crippen MR) is 103 cm³/mol. The molecule has 1 aliphatic rings. The van der Waals surface area contributed by atoms with Gasteiger partial charge in [-0.15, -0.1) is 46.2 Å². The van der Waals surface area contributed by atoms with E-state index in [1.165, 1.54) is 21.5 Å². The van der Waals surface area contributed by atoms with E-state index in [2.05, 4.69) is 71.6 Å². The topological polar surface area (TPSA) is 74.6 Å². The van der Waals surface area contributed by atoms with Gasteiger partial charge in [-0.3, -0.25) is 15.7 Å². The first-order valence-corrected chi connectivity index (χ1v) is 8.64. The first-order chi connectivity index (χ1) is 12.8. The van der Waals surface area contributed by atoms with Crippen molar-refractivity contribution in [2.24, 2.45) is 0 Å². The zero-order valence-electron chi connectivity index (χ0n) is 14.2. The summed E-state index contributed by atoms with van der Waals surface area (Å²) >= 11 is 1.75. The molecule has 0 aromatic heterocycles. The second-order valence-corrected chi connectivity index (χ2v) is 4.53. The zero-order valence-corrected chi connectivity index (χ0v) is 15.8. The first-order valence-electron chi connectivity index (χ1n) is 7.54. The maximum Gasteiger partial charge on any atom is -0.0771 e. The van der Waals surface area contributed by atoms with Crippen molar-refractivity contribution in [3.05, 3.63) is 78.9 Å². The van der Waals surface area contributed by atoms with Crippen LogP contribution < -0.4 is 0 Å². The van der Waals surface area contributed by atoms with Gasteiger partial charge in [0.15, 0.2) is 0 Å². The molecule has 0 saturated heterocycles. The van der Waals surface area contributed by atoms with Crippen LogP contribution >= 0.6 is 0 Å². The minimum Gasteiger partial charge on any atom is -0.126 e. The number of hydrogen-bond acceptors (Lipinski definition) is 2. The van der Waals surface area contributed by atoms with Crippen molar-refractivity contribution in [1.82, 2.24) is 0 Å². The van der Waals surface area contributed by atoms with E-state index < -0.39 is 0 Å². The third kappa shape index (κ3) is 8.42. The molecular formula is C21H20O4Ti. The Kier molecular flexibility index (Phi) is 14.2. The quantitative estimate of drug-likeness (QED) is 0.343. The summed E-state index contributed by atoms with van der Waals surface area (Å²) in [5, 5.41) is 19.2. The van der Waals surface area contributed by atoms with Crippen molar-refractivity contribution in [3.8, 4) is 0 Å². The molecule has 26 heavy (non-hydrogen) atoms. The number of rotatable bonds is 0. The van der Waals surface area contributed by atoms with Gasteiger partial charge in [-0.25, -0.2) is 12.2 Å². The van der Waals surface area contributed by atoms with E-state index in [1.807, 2.05) is 12.2 Å². The Morgan fingerprint density at radius 3 is 1.65 bits per heavy atom. The Balaban J connectivity index is 0.000000402. The van der Waals surface area contributed by atoms with E-state index in [0.29, 0.717) is 0 Å². The van der Waals surface area contributed by atoms with Crippen LogP contribution in [0.3, 0.4) is 0 Å². The van der Waals surface area contributed by atoms with Crippen LogP contribution in [0.1, 0.15) is 6.42 Å². The fourth-order valence-corrected chi connectivity index (χ4v) is 2.24. The van der Waals surface area contributed by atoms with Gasteiger partial charge >= 0.3 is 24.8 Å². The summed E-state index contributed by atoms with van der Waals surface area (Å²) in [7, 11) is 0. The largest absolute Gasteiger partial charge is 0.126 e. The molecule has 1 aliphatic carbocycles. The van der Waals surface area contributed by atoms with E-state index in [0.717, 1.165) is 6.42 Å². The minimum absolute atomic E-state index is 0.250. The van der Waals surface area contributed by atoms with Gasteiger partial charge in [-0.05, 0) is 0 Å². The monoisotopic (exact) mass is 384 g/mol. The molecule has 0 bridgehead atoms. The summed E-state index contributed by atoms with van der Waals surface area (Å²) in [6.07, 6.45) is 10.0. The molecule has 3 aromatic rings. The molecule has 4 rings (SSSR count). The second-order valence-electron chi connectivity index (χ2n) is 4.53. The Labute approximate surface area is 164 Å². The third-order valence-electron chi connectivity index (χ3n) is 3.11.